The Bertz CT molecular complexity index is 786. The Kier molecular flexibility index (Phi) is 3.95. The Morgan fingerprint density at radius 2 is 1.76 bits per heavy atom. The average Bonchev–Trinajstić information content (AvgIpc) is 2.41. The molecule has 0 aliphatic rings. The van der Waals surface area contributed by atoms with Gasteiger partial charge in [0.25, 0.3) is 10.0 Å². The van der Waals surface area contributed by atoms with Crippen LogP contribution in [-0.2, 0) is 10.0 Å². The van der Waals surface area contributed by atoms with E-state index in [0.29, 0.717) is 5.56 Å². The van der Waals surface area contributed by atoms with Crippen LogP contribution in [0.4, 0.5) is 10.1 Å². The maximum absolute atomic E-state index is 13.2. The molecule has 0 bridgehead atoms. The van der Waals surface area contributed by atoms with Crippen LogP contribution in [0.15, 0.2) is 47.4 Å². The fourth-order valence-corrected chi connectivity index (χ4v) is 3.09. The molecular formula is C14H13FN2O3S. The van der Waals surface area contributed by atoms with Gasteiger partial charge in [0.15, 0.2) is 0 Å². The molecule has 0 radical (unpaired) electrons. The van der Waals surface area contributed by atoms with Gasteiger partial charge in [0, 0.05) is 11.3 Å². The number of aryl methyl sites for hydroxylation is 1. The number of primary amides is 1. The molecule has 1 amide bonds. The summed E-state index contributed by atoms with van der Waals surface area (Å²) < 4.78 is 40.0. The van der Waals surface area contributed by atoms with Crippen LogP contribution in [0.5, 0.6) is 0 Å². The first-order valence-corrected chi connectivity index (χ1v) is 7.47. The van der Waals surface area contributed by atoms with E-state index in [2.05, 4.69) is 4.72 Å². The Morgan fingerprint density at radius 3 is 2.33 bits per heavy atom. The molecule has 0 saturated heterocycles. The number of hydrogen-bond donors (Lipinski definition) is 2. The van der Waals surface area contributed by atoms with Crippen molar-refractivity contribution in [2.75, 3.05) is 4.72 Å². The number of carbonyl (C=O) groups excluding carboxylic acids is 1. The lowest BCUT2D eigenvalue weighted by Gasteiger charge is -2.10. The van der Waals surface area contributed by atoms with Gasteiger partial charge in [-0.1, -0.05) is 6.07 Å². The van der Waals surface area contributed by atoms with E-state index in [4.69, 9.17) is 5.73 Å². The largest absolute Gasteiger partial charge is 0.366 e. The summed E-state index contributed by atoms with van der Waals surface area (Å²) in [5.41, 5.74) is 6.04. The van der Waals surface area contributed by atoms with Crippen LogP contribution < -0.4 is 10.5 Å². The van der Waals surface area contributed by atoms with Crippen LogP contribution in [0.2, 0.25) is 0 Å². The molecule has 0 aliphatic carbocycles. The highest BCUT2D eigenvalue weighted by Gasteiger charge is 2.17. The maximum Gasteiger partial charge on any atom is 0.262 e. The molecule has 2 aromatic rings. The molecule has 2 aromatic carbocycles. The van der Waals surface area contributed by atoms with Crippen LogP contribution >= 0.6 is 0 Å². The van der Waals surface area contributed by atoms with Gasteiger partial charge in [-0.25, -0.2) is 12.8 Å². The first kappa shape index (κ1) is 15.0. The standard InChI is InChI=1S/C14H13FN2O3S/c1-9-2-5-11(15)8-13(9)21(19,20)17-12-6-3-10(4-7-12)14(16)18/h2-8,17H,1H3,(H2,16,18). The quantitative estimate of drug-likeness (QED) is 0.905. The average molecular weight is 308 g/mol. The number of nitrogens with one attached hydrogen (secondary N) is 1. The zero-order chi connectivity index (χ0) is 15.6. The summed E-state index contributed by atoms with van der Waals surface area (Å²) >= 11 is 0. The zero-order valence-corrected chi connectivity index (χ0v) is 11.9. The number of sulfonamides is 1. The Hall–Kier alpha value is -2.41. The van der Waals surface area contributed by atoms with E-state index in [-0.39, 0.29) is 16.1 Å². The number of rotatable bonds is 4. The molecular weight excluding hydrogens is 295 g/mol. The summed E-state index contributed by atoms with van der Waals surface area (Å²) in [4.78, 5) is 10.8. The molecule has 0 saturated carbocycles. The van der Waals surface area contributed by atoms with Gasteiger partial charge in [-0.3, -0.25) is 9.52 Å². The van der Waals surface area contributed by atoms with Crippen molar-refractivity contribution in [3.63, 3.8) is 0 Å². The summed E-state index contributed by atoms with van der Waals surface area (Å²) in [6, 6.07) is 9.15. The monoisotopic (exact) mass is 308 g/mol. The van der Waals surface area contributed by atoms with Crippen molar-refractivity contribution in [1.82, 2.24) is 0 Å². The van der Waals surface area contributed by atoms with E-state index in [1.54, 1.807) is 6.92 Å². The van der Waals surface area contributed by atoms with Crippen molar-refractivity contribution in [1.29, 1.82) is 0 Å². The van der Waals surface area contributed by atoms with Gasteiger partial charge in [0.05, 0.1) is 4.90 Å². The minimum Gasteiger partial charge on any atom is -0.366 e. The SMILES string of the molecule is Cc1ccc(F)cc1S(=O)(=O)Nc1ccc(C(N)=O)cc1. The zero-order valence-electron chi connectivity index (χ0n) is 11.1. The first-order valence-electron chi connectivity index (χ1n) is 5.98. The predicted molar refractivity (Wildman–Crippen MR) is 76.9 cm³/mol. The van der Waals surface area contributed by atoms with Gasteiger partial charge < -0.3 is 5.73 Å². The molecule has 0 unspecified atom stereocenters. The van der Waals surface area contributed by atoms with E-state index < -0.39 is 21.7 Å². The van der Waals surface area contributed by atoms with Gasteiger partial charge >= 0.3 is 0 Å². The molecule has 3 N–H and O–H groups in total. The number of nitrogens with two attached hydrogens (primary N) is 1. The summed E-state index contributed by atoms with van der Waals surface area (Å²) in [5.74, 6) is -1.24. The summed E-state index contributed by atoms with van der Waals surface area (Å²) in [6.07, 6.45) is 0. The third kappa shape index (κ3) is 3.38. The Morgan fingerprint density at radius 1 is 1.14 bits per heavy atom. The summed E-state index contributed by atoms with van der Waals surface area (Å²) in [6.45, 7) is 1.57. The highest BCUT2D eigenvalue weighted by atomic mass is 32.2. The molecule has 0 atom stereocenters. The molecule has 0 aliphatic heterocycles. The van der Waals surface area contributed by atoms with Crippen molar-refractivity contribution in [2.45, 2.75) is 11.8 Å². The Balaban J connectivity index is 2.33. The van der Waals surface area contributed by atoms with Crippen LogP contribution in [-0.4, -0.2) is 14.3 Å². The van der Waals surface area contributed by atoms with E-state index in [9.17, 15) is 17.6 Å². The fraction of sp³-hybridized carbons (Fsp3) is 0.0714. The first-order chi connectivity index (χ1) is 9.79. The number of anilines is 1. The molecule has 0 fully saturated rings. The molecule has 0 spiro atoms. The van der Waals surface area contributed by atoms with E-state index >= 15 is 0 Å². The highest BCUT2D eigenvalue weighted by Crippen LogP contribution is 2.20. The number of amides is 1. The number of benzene rings is 2. The molecule has 21 heavy (non-hydrogen) atoms. The minimum atomic E-state index is -3.91. The molecule has 0 heterocycles. The van der Waals surface area contributed by atoms with Gasteiger partial charge in [-0.15, -0.1) is 0 Å². The summed E-state index contributed by atoms with van der Waals surface area (Å²) in [5, 5.41) is 0. The molecule has 110 valence electrons. The second-order valence-corrected chi connectivity index (χ2v) is 6.11. The van der Waals surface area contributed by atoms with E-state index in [1.807, 2.05) is 0 Å². The summed E-state index contributed by atoms with van der Waals surface area (Å²) in [7, 11) is -3.91. The van der Waals surface area contributed by atoms with Gasteiger partial charge in [-0.2, -0.15) is 0 Å². The van der Waals surface area contributed by atoms with Gasteiger partial charge in [0.1, 0.15) is 5.82 Å². The third-order valence-electron chi connectivity index (χ3n) is 2.86. The van der Waals surface area contributed by atoms with E-state index in [1.165, 1.54) is 36.4 Å². The minimum absolute atomic E-state index is 0.138. The maximum atomic E-state index is 13.2. The topological polar surface area (TPSA) is 89.3 Å². The normalized spacial score (nSPS) is 11.1. The second-order valence-electron chi connectivity index (χ2n) is 4.46. The molecule has 0 aromatic heterocycles. The predicted octanol–water partition coefficient (Wildman–Crippen LogP) is 2.03. The molecule has 5 nitrogen and oxygen atoms in total. The van der Waals surface area contributed by atoms with Crippen LogP contribution in [0.25, 0.3) is 0 Å². The number of hydrogen-bond acceptors (Lipinski definition) is 3. The van der Waals surface area contributed by atoms with Crippen LogP contribution in [0, 0.1) is 12.7 Å². The van der Waals surface area contributed by atoms with Crippen molar-refractivity contribution < 1.29 is 17.6 Å². The van der Waals surface area contributed by atoms with Crippen LogP contribution in [0.3, 0.4) is 0 Å². The Labute approximate surface area is 121 Å². The molecule has 7 heteroatoms. The lowest BCUT2D eigenvalue weighted by atomic mass is 10.2. The number of carbonyl (C=O) groups is 1. The third-order valence-corrected chi connectivity index (χ3v) is 4.38. The van der Waals surface area contributed by atoms with Crippen molar-refractivity contribution >= 4 is 21.6 Å². The van der Waals surface area contributed by atoms with Gasteiger partial charge in [-0.05, 0) is 48.9 Å². The van der Waals surface area contributed by atoms with Crippen molar-refractivity contribution in [2.24, 2.45) is 5.73 Å². The smallest absolute Gasteiger partial charge is 0.262 e. The lowest BCUT2D eigenvalue weighted by Crippen LogP contribution is -2.15. The van der Waals surface area contributed by atoms with Gasteiger partial charge in [0.2, 0.25) is 5.91 Å². The van der Waals surface area contributed by atoms with E-state index in [0.717, 1.165) is 6.07 Å². The second kappa shape index (κ2) is 5.53. The molecule has 2 rings (SSSR count). The van der Waals surface area contributed by atoms with Crippen molar-refractivity contribution in [3.8, 4) is 0 Å². The number of halogens is 1. The van der Waals surface area contributed by atoms with Crippen molar-refractivity contribution in [3.05, 3.63) is 59.4 Å². The lowest BCUT2D eigenvalue weighted by molar-refractivity contribution is 0.100. The fourth-order valence-electron chi connectivity index (χ4n) is 1.78. The van der Waals surface area contributed by atoms with Crippen LogP contribution in [0.1, 0.15) is 15.9 Å². The highest BCUT2D eigenvalue weighted by molar-refractivity contribution is 7.92.